The van der Waals surface area contributed by atoms with Crippen LogP contribution in [-0.2, 0) is 6.54 Å². The maximum atomic E-state index is 12.5. The molecule has 0 N–H and O–H groups in total. The van der Waals surface area contributed by atoms with Crippen LogP contribution in [0.1, 0.15) is 28.8 Å². The molecule has 0 unspecified atom stereocenters. The molecule has 26 heavy (non-hydrogen) atoms. The fourth-order valence-corrected chi connectivity index (χ4v) is 3.43. The molecule has 136 valence electrons. The molecule has 2 aromatic rings. The summed E-state index contributed by atoms with van der Waals surface area (Å²) in [6.07, 6.45) is 1.62. The number of hydrogen-bond acceptors (Lipinski definition) is 5. The van der Waals surface area contributed by atoms with E-state index in [1.165, 1.54) is 7.11 Å². The second-order valence-electron chi connectivity index (χ2n) is 6.54. The van der Waals surface area contributed by atoms with Gasteiger partial charge in [0.15, 0.2) is 11.5 Å². The van der Waals surface area contributed by atoms with Crippen molar-refractivity contribution < 1.29 is 14.5 Å². The van der Waals surface area contributed by atoms with Crippen molar-refractivity contribution in [1.82, 2.24) is 4.90 Å². The van der Waals surface area contributed by atoms with Crippen molar-refractivity contribution >= 4 is 11.5 Å². The lowest BCUT2D eigenvalue weighted by atomic mass is 9.89. The predicted molar refractivity (Wildman–Crippen MR) is 98.4 cm³/mol. The van der Waals surface area contributed by atoms with Crippen molar-refractivity contribution in [2.24, 2.45) is 5.92 Å². The molecule has 0 spiro atoms. The third-order valence-electron chi connectivity index (χ3n) is 4.86. The summed E-state index contributed by atoms with van der Waals surface area (Å²) < 4.78 is 5.04. The van der Waals surface area contributed by atoms with E-state index < -0.39 is 4.92 Å². The first-order chi connectivity index (χ1) is 12.6. The number of hydrogen-bond donors (Lipinski definition) is 0. The summed E-state index contributed by atoms with van der Waals surface area (Å²) in [7, 11) is 1.43. The van der Waals surface area contributed by atoms with Crippen LogP contribution >= 0.6 is 0 Å². The minimum Gasteiger partial charge on any atom is -0.490 e. The van der Waals surface area contributed by atoms with E-state index in [-0.39, 0.29) is 23.1 Å². The number of carbonyl (C=O) groups excluding carboxylic acids is 1. The van der Waals surface area contributed by atoms with Crippen molar-refractivity contribution in [3.8, 4) is 5.75 Å². The van der Waals surface area contributed by atoms with Crippen LogP contribution in [0.3, 0.4) is 0 Å². The molecule has 1 saturated heterocycles. The van der Waals surface area contributed by atoms with Gasteiger partial charge in [-0.1, -0.05) is 36.4 Å². The number of ether oxygens (including phenoxy) is 1. The number of nitrogens with zero attached hydrogens (tertiary/aromatic N) is 2. The summed E-state index contributed by atoms with van der Waals surface area (Å²) in [6, 6.07) is 14.5. The van der Waals surface area contributed by atoms with Crippen molar-refractivity contribution in [3.05, 3.63) is 69.8 Å². The molecule has 6 heteroatoms. The van der Waals surface area contributed by atoms with Gasteiger partial charge in [0.25, 0.3) is 0 Å². The molecule has 2 aromatic carbocycles. The highest BCUT2D eigenvalue weighted by molar-refractivity contribution is 5.97. The number of methoxy groups -OCH3 is 1. The number of benzene rings is 2. The molecule has 1 aliphatic rings. The van der Waals surface area contributed by atoms with Gasteiger partial charge in [-0.05, 0) is 37.6 Å². The van der Waals surface area contributed by atoms with Gasteiger partial charge in [0.05, 0.1) is 12.0 Å². The number of piperidine rings is 1. The quantitative estimate of drug-likeness (QED) is 0.449. The molecule has 1 heterocycles. The Hall–Kier alpha value is -2.73. The maximum Gasteiger partial charge on any atom is 0.311 e. The fourth-order valence-electron chi connectivity index (χ4n) is 3.43. The zero-order chi connectivity index (χ0) is 18.5. The monoisotopic (exact) mass is 354 g/mol. The van der Waals surface area contributed by atoms with Crippen LogP contribution in [0.5, 0.6) is 5.75 Å². The standard InChI is InChI=1S/C20H22N2O4/c1-26-19-8-7-15(13-18(19)22(24)25)14-21-11-9-17(10-12-21)20(23)16-5-3-2-4-6-16/h2-8,13,17H,9-12,14H2,1H3. The van der Waals surface area contributed by atoms with Gasteiger partial charge < -0.3 is 4.74 Å². The van der Waals surface area contributed by atoms with E-state index in [4.69, 9.17) is 4.74 Å². The van der Waals surface area contributed by atoms with Crippen LogP contribution in [0, 0.1) is 16.0 Å². The molecule has 0 bridgehead atoms. The third-order valence-corrected chi connectivity index (χ3v) is 4.86. The molecule has 0 amide bonds. The highest BCUT2D eigenvalue weighted by Gasteiger charge is 2.26. The normalized spacial score (nSPS) is 15.6. The lowest BCUT2D eigenvalue weighted by molar-refractivity contribution is -0.385. The van der Waals surface area contributed by atoms with Crippen LogP contribution in [0.4, 0.5) is 5.69 Å². The Labute approximate surface area is 152 Å². The average molecular weight is 354 g/mol. The number of carbonyl (C=O) groups is 1. The molecular weight excluding hydrogens is 332 g/mol. The van der Waals surface area contributed by atoms with E-state index in [9.17, 15) is 14.9 Å². The first-order valence-electron chi connectivity index (χ1n) is 8.71. The van der Waals surface area contributed by atoms with Crippen molar-refractivity contribution in [2.75, 3.05) is 20.2 Å². The van der Waals surface area contributed by atoms with Gasteiger partial charge in [-0.2, -0.15) is 0 Å². The number of Topliss-reactive ketones (excluding diaryl/α,β-unsaturated/α-hetero) is 1. The summed E-state index contributed by atoms with van der Waals surface area (Å²) in [6.45, 7) is 2.25. The molecule has 0 saturated carbocycles. The molecule has 0 aliphatic carbocycles. The van der Waals surface area contributed by atoms with Crippen molar-refractivity contribution in [2.45, 2.75) is 19.4 Å². The Bertz CT molecular complexity index is 784. The molecule has 6 nitrogen and oxygen atoms in total. The second-order valence-corrected chi connectivity index (χ2v) is 6.54. The van der Waals surface area contributed by atoms with Gasteiger partial charge in [0.2, 0.25) is 0 Å². The highest BCUT2D eigenvalue weighted by atomic mass is 16.6. The lowest BCUT2D eigenvalue weighted by Crippen LogP contribution is -2.35. The van der Waals surface area contributed by atoms with Crippen LogP contribution in [0.2, 0.25) is 0 Å². The molecule has 0 atom stereocenters. The van der Waals surface area contributed by atoms with E-state index in [0.717, 1.165) is 37.1 Å². The Morgan fingerprint density at radius 2 is 1.88 bits per heavy atom. The SMILES string of the molecule is COc1ccc(CN2CCC(C(=O)c3ccccc3)CC2)cc1[N+](=O)[O-]. The second kappa shape index (κ2) is 8.10. The van der Waals surface area contributed by atoms with Gasteiger partial charge in [-0.25, -0.2) is 0 Å². The Balaban J connectivity index is 1.60. The first-order valence-corrected chi connectivity index (χ1v) is 8.71. The van der Waals surface area contributed by atoms with Gasteiger partial charge >= 0.3 is 5.69 Å². The fraction of sp³-hybridized carbons (Fsp3) is 0.350. The van der Waals surface area contributed by atoms with Gasteiger partial charge in [0.1, 0.15) is 0 Å². The van der Waals surface area contributed by atoms with Crippen molar-refractivity contribution in [3.63, 3.8) is 0 Å². The predicted octanol–water partition coefficient (Wildman–Crippen LogP) is 3.70. The molecular formula is C20H22N2O4. The minimum absolute atomic E-state index is 0.0147. The maximum absolute atomic E-state index is 12.5. The molecule has 0 radical (unpaired) electrons. The summed E-state index contributed by atoms with van der Waals surface area (Å²) >= 11 is 0. The van der Waals surface area contributed by atoms with Gasteiger partial charge in [0, 0.05) is 24.1 Å². The molecule has 1 aliphatic heterocycles. The van der Waals surface area contributed by atoms with Crippen LogP contribution in [-0.4, -0.2) is 35.8 Å². The van der Waals surface area contributed by atoms with Crippen molar-refractivity contribution in [1.29, 1.82) is 0 Å². The van der Waals surface area contributed by atoms with Crippen LogP contribution < -0.4 is 4.74 Å². The van der Waals surface area contributed by atoms with E-state index >= 15 is 0 Å². The number of nitro benzene ring substituents is 1. The zero-order valence-electron chi connectivity index (χ0n) is 14.8. The molecule has 0 aromatic heterocycles. The topological polar surface area (TPSA) is 72.7 Å². The lowest BCUT2D eigenvalue weighted by Gasteiger charge is -2.31. The van der Waals surface area contributed by atoms with Gasteiger partial charge in [-0.15, -0.1) is 0 Å². The van der Waals surface area contributed by atoms with Crippen LogP contribution in [0.25, 0.3) is 0 Å². The Morgan fingerprint density at radius 3 is 2.50 bits per heavy atom. The highest BCUT2D eigenvalue weighted by Crippen LogP contribution is 2.29. The van der Waals surface area contributed by atoms with Crippen LogP contribution in [0.15, 0.2) is 48.5 Å². The average Bonchev–Trinajstić information content (AvgIpc) is 2.68. The minimum atomic E-state index is -0.424. The summed E-state index contributed by atoms with van der Waals surface area (Å²) in [5, 5.41) is 11.2. The number of rotatable bonds is 6. The van der Waals surface area contributed by atoms with E-state index in [0.29, 0.717) is 6.54 Å². The van der Waals surface area contributed by atoms with E-state index in [2.05, 4.69) is 4.90 Å². The smallest absolute Gasteiger partial charge is 0.311 e. The molecule has 1 fully saturated rings. The summed E-state index contributed by atoms with van der Waals surface area (Å²) in [4.78, 5) is 25.5. The molecule has 3 rings (SSSR count). The van der Waals surface area contributed by atoms with E-state index in [1.54, 1.807) is 12.1 Å². The Morgan fingerprint density at radius 1 is 1.19 bits per heavy atom. The Kier molecular flexibility index (Phi) is 5.63. The summed E-state index contributed by atoms with van der Waals surface area (Å²) in [5.41, 5.74) is 1.64. The number of likely N-dealkylation sites (tertiary alicyclic amines) is 1. The number of nitro groups is 1. The zero-order valence-corrected chi connectivity index (χ0v) is 14.8. The summed E-state index contributed by atoms with van der Waals surface area (Å²) in [5.74, 6) is 0.537. The third kappa shape index (κ3) is 4.08. The first kappa shape index (κ1) is 18.1. The van der Waals surface area contributed by atoms with E-state index in [1.807, 2.05) is 36.4 Å². The number of ketones is 1. The van der Waals surface area contributed by atoms with Gasteiger partial charge in [-0.3, -0.25) is 19.8 Å². The largest absolute Gasteiger partial charge is 0.490 e.